The maximum atomic E-state index is 13.5. The molecule has 0 bridgehead atoms. The smallest absolute Gasteiger partial charge is 0.247 e. The first kappa shape index (κ1) is 29.0. The van der Waals surface area contributed by atoms with Crippen LogP contribution < -0.4 is 10.9 Å². The van der Waals surface area contributed by atoms with Gasteiger partial charge in [0.25, 0.3) is 0 Å². The van der Waals surface area contributed by atoms with Gasteiger partial charge in [-0.1, -0.05) is 92.7 Å². The van der Waals surface area contributed by atoms with E-state index in [0.29, 0.717) is 12.0 Å². The molecule has 0 radical (unpaired) electrons. The van der Waals surface area contributed by atoms with Crippen molar-refractivity contribution in [3.8, 4) is 0 Å². The van der Waals surface area contributed by atoms with Gasteiger partial charge in [-0.05, 0) is 46.7 Å². The molecule has 0 unspecified atom stereocenters. The molecule has 0 heterocycles. The first-order valence-electron chi connectivity index (χ1n) is 12.5. The minimum atomic E-state index is -3.84. The third-order valence-electron chi connectivity index (χ3n) is 6.27. The summed E-state index contributed by atoms with van der Waals surface area (Å²) in [7, 11) is -3.84. The number of nitrogens with one attached hydrogen (secondary N) is 2. The average Bonchev–Trinajstić information content (AvgIpc) is 2.89. The molecule has 0 aliphatic carbocycles. The topological polar surface area (TPSA) is 116 Å². The maximum absolute atomic E-state index is 13.5. The van der Waals surface area contributed by atoms with E-state index in [-0.39, 0.29) is 18.9 Å². The van der Waals surface area contributed by atoms with Crippen molar-refractivity contribution in [2.24, 2.45) is 17.8 Å². The summed E-state index contributed by atoms with van der Waals surface area (Å²) in [6.07, 6.45) is 5.13. The molecule has 3 aromatic carbocycles. The van der Waals surface area contributed by atoms with E-state index >= 15 is 0 Å². The van der Waals surface area contributed by atoms with Crippen LogP contribution in [0.15, 0.2) is 78.9 Å². The lowest BCUT2D eigenvalue weighted by molar-refractivity contribution is -0.142. The molecule has 3 N–H and O–H groups in total. The minimum Gasteiger partial charge on any atom is -0.289 e. The van der Waals surface area contributed by atoms with Crippen molar-refractivity contribution in [2.45, 2.75) is 33.2 Å². The number of hydrazine groups is 1. The highest BCUT2D eigenvalue weighted by Gasteiger charge is 2.35. The molecule has 3 aromatic rings. The molecule has 38 heavy (non-hydrogen) atoms. The van der Waals surface area contributed by atoms with Gasteiger partial charge < -0.3 is 0 Å². The van der Waals surface area contributed by atoms with Gasteiger partial charge in [-0.2, -0.15) is 0 Å². The molecule has 0 fully saturated rings. The fraction of sp³-hybridized carbons (Fsp3) is 0.310. The molecule has 0 aliphatic rings. The van der Waals surface area contributed by atoms with Crippen molar-refractivity contribution in [3.63, 3.8) is 0 Å². The van der Waals surface area contributed by atoms with Crippen molar-refractivity contribution in [1.29, 1.82) is 0 Å². The van der Waals surface area contributed by atoms with Crippen LogP contribution in [0.1, 0.15) is 37.8 Å². The minimum absolute atomic E-state index is 0.0324. The maximum Gasteiger partial charge on any atom is 0.247 e. The molecule has 0 aliphatic heterocycles. The van der Waals surface area contributed by atoms with Crippen LogP contribution in [0, 0.1) is 17.8 Å². The zero-order valence-corrected chi connectivity index (χ0v) is 22.7. The number of carbonyl (C=O) groups excluding carboxylic acids is 2. The number of carbonyl (C=O) groups is 2. The lowest BCUT2D eigenvalue weighted by atomic mass is 9.82. The first-order chi connectivity index (χ1) is 18.1. The first-order valence-corrected chi connectivity index (χ1v) is 14.3. The number of benzene rings is 3. The van der Waals surface area contributed by atoms with Crippen LogP contribution >= 0.6 is 0 Å². The number of hydrogen-bond donors (Lipinski definition) is 3. The Bertz CT molecular complexity index is 1370. The molecule has 9 heteroatoms. The number of sulfonamides is 1. The van der Waals surface area contributed by atoms with Gasteiger partial charge in [0.15, 0.2) is 0 Å². The number of amides is 2. The number of hydrogen-bond acceptors (Lipinski definition) is 5. The van der Waals surface area contributed by atoms with Gasteiger partial charge in [-0.15, -0.1) is 4.41 Å². The van der Waals surface area contributed by atoms with Crippen LogP contribution in [-0.2, 0) is 26.2 Å². The molecule has 0 spiro atoms. The van der Waals surface area contributed by atoms with Gasteiger partial charge in [0.2, 0.25) is 21.8 Å². The van der Waals surface area contributed by atoms with Crippen LogP contribution in [0.2, 0.25) is 0 Å². The summed E-state index contributed by atoms with van der Waals surface area (Å²) < 4.78 is 26.2. The Kier molecular flexibility index (Phi) is 10.2. The van der Waals surface area contributed by atoms with E-state index < -0.39 is 33.7 Å². The Hall–Kier alpha value is -3.53. The molecule has 2 atom stereocenters. The van der Waals surface area contributed by atoms with Crippen molar-refractivity contribution < 1.29 is 23.2 Å². The number of fused-ring (bicyclic) bond motifs is 1. The van der Waals surface area contributed by atoms with Gasteiger partial charge in [0.1, 0.15) is 0 Å². The van der Waals surface area contributed by atoms with E-state index in [1.807, 2.05) is 92.7 Å². The highest BCUT2D eigenvalue weighted by molar-refractivity contribution is 7.88. The van der Waals surface area contributed by atoms with E-state index in [0.717, 1.165) is 27.0 Å². The van der Waals surface area contributed by atoms with Crippen molar-refractivity contribution >= 4 is 38.7 Å². The van der Waals surface area contributed by atoms with Crippen LogP contribution in [0.4, 0.5) is 0 Å². The average molecular weight is 538 g/mol. The predicted octanol–water partition coefficient (Wildman–Crippen LogP) is 4.52. The summed E-state index contributed by atoms with van der Waals surface area (Å²) in [5.41, 5.74) is 5.85. The fourth-order valence-corrected chi connectivity index (χ4v) is 5.00. The highest BCUT2D eigenvalue weighted by atomic mass is 32.2. The molecular weight excluding hydrogens is 502 g/mol. The second kappa shape index (κ2) is 13.3. The van der Waals surface area contributed by atoms with Crippen molar-refractivity contribution in [2.75, 3.05) is 6.26 Å². The molecule has 0 saturated carbocycles. The fourth-order valence-electron chi connectivity index (χ4n) is 4.36. The summed E-state index contributed by atoms with van der Waals surface area (Å²) in [5.74, 6) is -3.08. The monoisotopic (exact) mass is 537 g/mol. The number of hydroxylamine groups is 1. The molecule has 8 nitrogen and oxygen atoms in total. The van der Waals surface area contributed by atoms with Crippen LogP contribution in [0.25, 0.3) is 16.8 Å². The zero-order valence-electron chi connectivity index (χ0n) is 21.9. The summed E-state index contributed by atoms with van der Waals surface area (Å²) in [6.45, 7) is 3.75. The van der Waals surface area contributed by atoms with Crippen LogP contribution in [-0.4, -0.2) is 36.1 Å². The largest absolute Gasteiger partial charge is 0.289 e. The number of rotatable bonds is 12. The van der Waals surface area contributed by atoms with Gasteiger partial charge in [-0.25, -0.2) is 13.9 Å². The molecule has 2 amide bonds. The van der Waals surface area contributed by atoms with Crippen molar-refractivity contribution in [1.82, 2.24) is 15.3 Å². The standard InChI is InChI=1S/C29H35N3O5S/c1-21(2)18-27(26(29(34)31-35)15-9-12-22-10-5-4-6-11-22)28(33)30-32(38(3,36)37)20-23-16-17-24-13-7-8-14-25(24)19-23/h4-14,16-17,19,21,26-27,35H,15,18,20H2,1-3H3,(H,30,33)(H,31,34)/t26-,27+/m0/s1. The summed E-state index contributed by atoms with van der Waals surface area (Å²) >= 11 is 0. The molecule has 0 aromatic heterocycles. The Balaban J connectivity index is 1.85. The second-order valence-corrected chi connectivity index (χ2v) is 11.7. The van der Waals surface area contributed by atoms with E-state index in [9.17, 15) is 23.2 Å². The quantitative estimate of drug-likeness (QED) is 0.232. The summed E-state index contributed by atoms with van der Waals surface area (Å²) in [5, 5.41) is 11.4. The molecular formula is C29H35N3O5S. The van der Waals surface area contributed by atoms with Crippen molar-refractivity contribution in [3.05, 3.63) is 90.0 Å². The number of nitrogens with zero attached hydrogens (tertiary/aromatic N) is 1. The Morgan fingerprint density at radius 3 is 2.21 bits per heavy atom. The lowest BCUT2D eigenvalue weighted by Crippen LogP contribution is -2.50. The van der Waals surface area contributed by atoms with Gasteiger partial charge in [0.05, 0.1) is 24.6 Å². The highest BCUT2D eigenvalue weighted by Crippen LogP contribution is 2.26. The van der Waals surface area contributed by atoms with Crippen LogP contribution in [0.5, 0.6) is 0 Å². The predicted molar refractivity (Wildman–Crippen MR) is 149 cm³/mol. The van der Waals surface area contributed by atoms with E-state index in [1.165, 1.54) is 0 Å². The molecule has 202 valence electrons. The van der Waals surface area contributed by atoms with E-state index in [4.69, 9.17) is 0 Å². The van der Waals surface area contributed by atoms with Crippen LogP contribution in [0.3, 0.4) is 0 Å². The lowest BCUT2D eigenvalue weighted by Gasteiger charge is -2.28. The normalized spacial score (nSPS) is 13.6. The zero-order chi connectivity index (χ0) is 27.7. The second-order valence-electron chi connectivity index (χ2n) is 9.79. The third-order valence-corrected chi connectivity index (χ3v) is 7.29. The van der Waals surface area contributed by atoms with E-state index in [2.05, 4.69) is 5.43 Å². The molecule has 0 saturated heterocycles. The SMILES string of the molecule is CC(C)C[C@@H](C(=O)NN(Cc1ccc2ccccc2c1)S(C)(=O)=O)[C@H](CC=Cc1ccccc1)C(=O)NO. The Morgan fingerprint density at radius 2 is 1.58 bits per heavy atom. The summed E-state index contributed by atoms with van der Waals surface area (Å²) in [6, 6.07) is 22.8. The van der Waals surface area contributed by atoms with E-state index in [1.54, 1.807) is 11.6 Å². The van der Waals surface area contributed by atoms with Gasteiger partial charge in [0, 0.05) is 0 Å². The molecule has 3 rings (SSSR count). The van der Waals surface area contributed by atoms with Gasteiger partial charge >= 0.3 is 0 Å². The summed E-state index contributed by atoms with van der Waals surface area (Å²) in [4.78, 5) is 26.2. The Morgan fingerprint density at radius 1 is 0.921 bits per heavy atom. The van der Waals surface area contributed by atoms with Gasteiger partial charge in [-0.3, -0.25) is 20.2 Å². The third kappa shape index (κ3) is 8.24. The number of allylic oxidation sites excluding steroid dienone is 1. The Labute approximate surface area is 224 Å².